The van der Waals surface area contributed by atoms with E-state index < -0.39 is 0 Å². The third kappa shape index (κ3) is 3.43. The van der Waals surface area contributed by atoms with Gasteiger partial charge in [0, 0.05) is 37.5 Å². The first kappa shape index (κ1) is 17.3. The van der Waals surface area contributed by atoms with Gasteiger partial charge in [-0.05, 0) is 43.4 Å². The van der Waals surface area contributed by atoms with Crippen molar-refractivity contribution in [1.82, 2.24) is 15.2 Å². The molecule has 2 amide bonds. The van der Waals surface area contributed by atoms with E-state index in [1.807, 2.05) is 12.1 Å². The summed E-state index contributed by atoms with van der Waals surface area (Å²) < 4.78 is 5.83. The van der Waals surface area contributed by atoms with Gasteiger partial charge in [-0.25, -0.2) is 4.98 Å². The van der Waals surface area contributed by atoms with Crippen LogP contribution in [0.4, 0.5) is 0 Å². The van der Waals surface area contributed by atoms with Crippen LogP contribution in [0.1, 0.15) is 37.5 Å². The van der Waals surface area contributed by atoms with Gasteiger partial charge < -0.3 is 14.6 Å². The second-order valence-corrected chi connectivity index (χ2v) is 7.89. The van der Waals surface area contributed by atoms with E-state index in [1.165, 1.54) is 0 Å². The Kier molecular flexibility index (Phi) is 4.61. The number of amides is 2. The van der Waals surface area contributed by atoms with Crippen LogP contribution in [0.15, 0.2) is 22.6 Å². The number of benzene rings is 1. The molecule has 2 heterocycles. The first-order chi connectivity index (χ1) is 12.5. The van der Waals surface area contributed by atoms with Gasteiger partial charge in [0.1, 0.15) is 5.52 Å². The molecule has 1 atom stereocenters. The minimum Gasteiger partial charge on any atom is -0.440 e. The maximum absolute atomic E-state index is 12.1. The summed E-state index contributed by atoms with van der Waals surface area (Å²) in [4.78, 5) is 29.8. The Morgan fingerprint density at radius 2 is 2.23 bits per heavy atom. The number of carbonyl (C=O) groups excluding carboxylic acids is 2. The summed E-state index contributed by atoms with van der Waals surface area (Å²) in [5, 5.41) is 3.64. The van der Waals surface area contributed by atoms with Crippen molar-refractivity contribution in [3.8, 4) is 0 Å². The van der Waals surface area contributed by atoms with E-state index in [0.29, 0.717) is 36.4 Å². The summed E-state index contributed by atoms with van der Waals surface area (Å²) in [6.07, 6.45) is 3.34. The fourth-order valence-corrected chi connectivity index (χ4v) is 4.02. The summed E-state index contributed by atoms with van der Waals surface area (Å²) in [7, 11) is 1.74. The van der Waals surface area contributed by atoms with Crippen LogP contribution in [-0.4, -0.2) is 41.8 Å². The largest absolute Gasteiger partial charge is 0.440 e. The lowest BCUT2D eigenvalue weighted by molar-refractivity contribution is -0.128. The predicted molar refractivity (Wildman–Crippen MR) is 97.9 cm³/mol. The number of halogens is 1. The number of likely N-dealkylation sites (tertiary alicyclic amines) is 1. The van der Waals surface area contributed by atoms with Crippen molar-refractivity contribution in [2.75, 3.05) is 20.1 Å². The van der Waals surface area contributed by atoms with Gasteiger partial charge in [0.2, 0.25) is 11.8 Å². The molecule has 2 fully saturated rings. The minimum absolute atomic E-state index is 0.00518. The van der Waals surface area contributed by atoms with E-state index in [2.05, 4.69) is 10.3 Å². The molecule has 7 heteroatoms. The van der Waals surface area contributed by atoms with Crippen molar-refractivity contribution >= 4 is 34.5 Å². The van der Waals surface area contributed by atoms with E-state index in [0.717, 1.165) is 36.3 Å². The van der Waals surface area contributed by atoms with Gasteiger partial charge in [0.15, 0.2) is 11.5 Å². The Morgan fingerprint density at radius 3 is 2.96 bits per heavy atom. The third-order valence-corrected chi connectivity index (χ3v) is 5.75. The van der Waals surface area contributed by atoms with Gasteiger partial charge in [0.05, 0.1) is 5.92 Å². The minimum atomic E-state index is -0.201. The van der Waals surface area contributed by atoms with Gasteiger partial charge in [-0.15, -0.1) is 0 Å². The molecule has 0 radical (unpaired) electrons. The van der Waals surface area contributed by atoms with Crippen LogP contribution in [0.2, 0.25) is 5.02 Å². The van der Waals surface area contributed by atoms with Crippen molar-refractivity contribution in [3.05, 3.63) is 29.1 Å². The van der Waals surface area contributed by atoms with E-state index >= 15 is 0 Å². The lowest BCUT2D eigenvalue weighted by Crippen LogP contribution is -2.34. The fraction of sp³-hybridized carbons (Fsp3) is 0.526. The van der Waals surface area contributed by atoms with Gasteiger partial charge in [0.25, 0.3) is 0 Å². The summed E-state index contributed by atoms with van der Waals surface area (Å²) >= 11 is 5.99. The highest BCUT2D eigenvalue weighted by atomic mass is 35.5. The first-order valence-electron chi connectivity index (χ1n) is 9.07. The predicted octanol–water partition coefficient (Wildman–Crippen LogP) is 2.96. The number of aromatic nitrogens is 1. The molecular formula is C19H22ClN3O3. The summed E-state index contributed by atoms with van der Waals surface area (Å²) in [6.45, 7) is 1.19. The van der Waals surface area contributed by atoms with Crippen molar-refractivity contribution in [3.63, 3.8) is 0 Å². The zero-order chi connectivity index (χ0) is 18.3. The van der Waals surface area contributed by atoms with Gasteiger partial charge in [-0.2, -0.15) is 0 Å². The van der Waals surface area contributed by atoms with Crippen molar-refractivity contribution in [1.29, 1.82) is 0 Å². The van der Waals surface area contributed by atoms with Crippen LogP contribution >= 0.6 is 11.6 Å². The SMILES string of the molecule is CN1CC(C(=O)NCCC2CC(c3nc4cc(Cl)ccc4o3)C2)CC1=O. The molecule has 1 saturated heterocycles. The average molecular weight is 376 g/mol. The highest BCUT2D eigenvalue weighted by Crippen LogP contribution is 2.43. The van der Waals surface area contributed by atoms with Crippen molar-refractivity contribution in [2.24, 2.45) is 11.8 Å². The van der Waals surface area contributed by atoms with Crippen molar-refractivity contribution < 1.29 is 14.0 Å². The van der Waals surface area contributed by atoms with Gasteiger partial charge in [-0.3, -0.25) is 9.59 Å². The normalized spacial score (nSPS) is 25.5. The molecule has 1 unspecified atom stereocenters. The number of hydrogen-bond donors (Lipinski definition) is 1. The Morgan fingerprint density at radius 1 is 1.42 bits per heavy atom. The monoisotopic (exact) mass is 375 g/mol. The zero-order valence-corrected chi connectivity index (χ0v) is 15.5. The number of fused-ring (bicyclic) bond motifs is 1. The summed E-state index contributed by atoms with van der Waals surface area (Å²) in [6, 6.07) is 5.48. The van der Waals surface area contributed by atoms with Crippen LogP contribution < -0.4 is 5.32 Å². The maximum Gasteiger partial charge on any atom is 0.225 e. The second-order valence-electron chi connectivity index (χ2n) is 7.45. The molecule has 1 aliphatic carbocycles. The average Bonchev–Trinajstić information content (AvgIpc) is 3.12. The molecule has 26 heavy (non-hydrogen) atoms. The van der Waals surface area contributed by atoms with Crippen LogP contribution in [0.3, 0.4) is 0 Å². The molecular weight excluding hydrogens is 354 g/mol. The number of hydrogen-bond acceptors (Lipinski definition) is 4. The second kappa shape index (κ2) is 6.91. The topological polar surface area (TPSA) is 75.4 Å². The number of nitrogens with zero attached hydrogens (tertiary/aromatic N) is 2. The van der Waals surface area contributed by atoms with E-state index in [9.17, 15) is 9.59 Å². The van der Waals surface area contributed by atoms with Crippen molar-refractivity contribution in [2.45, 2.75) is 31.6 Å². The van der Waals surface area contributed by atoms with Crippen LogP contribution in [0, 0.1) is 11.8 Å². The maximum atomic E-state index is 12.1. The highest BCUT2D eigenvalue weighted by molar-refractivity contribution is 6.31. The summed E-state index contributed by atoms with van der Waals surface area (Å²) in [5.74, 6) is 1.55. The Bertz CT molecular complexity index is 844. The smallest absolute Gasteiger partial charge is 0.225 e. The lowest BCUT2D eigenvalue weighted by Gasteiger charge is -2.33. The number of nitrogens with one attached hydrogen (secondary N) is 1. The molecule has 1 N–H and O–H groups in total. The lowest BCUT2D eigenvalue weighted by atomic mass is 9.73. The fourth-order valence-electron chi connectivity index (χ4n) is 3.85. The third-order valence-electron chi connectivity index (χ3n) is 5.51. The first-order valence-corrected chi connectivity index (χ1v) is 9.45. The standard InChI is InChI=1S/C19H22ClN3O3/c1-23-10-13(8-17(23)24)18(25)21-5-4-11-6-12(7-11)19-22-15-9-14(20)2-3-16(15)26-19/h2-3,9,11-13H,4-8,10H2,1H3,(H,21,25). The molecule has 2 aliphatic rings. The molecule has 1 aromatic carbocycles. The number of carbonyl (C=O) groups is 2. The van der Waals surface area contributed by atoms with E-state index in [4.69, 9.17) is 16.0 Å². The molecule has 0 bridgehead atoms. The summed E-state index contributed by atoms with van der Waals surface area (Å²) in [5.41, 5.74) is 1.58. The van der Waals surface area contributed by atoms with Gasteiger partial charge >= 0.3 is 0 Å². The quantitative estimate of drug-likeness (QED) is 0.871. The Balaban J connectivity index is 1.21. The van der Waals surface area contributed by atoms with Crippen LogP contribution in [-0.2, 0) is 9.59 Å². The van der Waals surface area contributed by atoms with E-state index in [-0.39, 0.29) is 17.7 Å². The molecule has 0 spiro atoms. The molecule has 1 aromatic heterocycles. The molecule has 1 saturated carbocycles. The zero-order valence-electron chi connectivity index (χ0n) is 14.7. The van der Waals surface area contributed by atoms with Crippen LogP contribution in [0.25, 0.3) is 11.1 Å². The Hall–Kier alpha value is -2.08. The Labute approximate surface area is 156 Å². The molecule has 2 aromatic rings. The van der Waals surface area contributed by atoms with E-state index in [1.54, 1.807) is 18.0 Å². The van der Waals surface area contributed by atoms with Crippen LogP contribution in [0.5, 0.6) is 0 Å². The molecule has 138 valence electrons. The molecule has 1 aliphatic heterocycles. The number of rotatable bonds is 5. The van der Waals surface area contributed by atoms with Gasteiger partial charge in [-0.1, -0.05) is 11.6 Å². The molecule has 4 rings (SSSR count). The highest BCUT2D eigenvalue weighted by Gasteiger charge is 2.35. The number of oxazole rings is 1. The molecule has 6 nitrogen and oxygen atoms in total.